The molecule has 0 amide bonds. The topological polar surface area (TPSA) is 30.5 Å². The van der Waals surface area contributed by atoms with Gasteiger partial charge in [0, 0.05) is 17.1 Å². The van der Waals surface area contributed by atoms with E-state index in [1.807, 2.05) is 30.3 Å². The van der Waals surface area contributed by atoms with Crippen LogP contribution in [0.15, 0.2) is 42.5 Å². The van der Waals surface area contributed by atoms with Gasteiger partial charge in [0.2, 0.25) is 0 Å². The SMILES string of the molecule is COc1ccc(CCNCc2cc(Cl)ccc2OC)cc1. The quantitative estimate of drug-likeness (QED) is 0.791. The summed E-state index contributed by atoms with van der Waals surface area (Å²) in [5.41, 5.74) is 2.35. The maximum absolute atomic E-state index is 6.02. The van der Waals surface area contributed by atoms with E-state index in [9.17, 15) is 0 Å². The Balaban J connectivity index is 1.82. The van der Waals surface area contributed by atoms with Crippen LogP contribution in [0.5, 0.6) is 11.5 Å². The van der Waals surface area contributed by atoms with Crippen molar-refractivity contribution in [2.75, 3.05) is 20.8 Å². The van der Waals surface area contributed by atoms with Crippen LogP contribution < -0.4 is 14.8 Å². The zero-order valence-corrected chi connectivity index (χ0v) is 13.1. The number of rotatable bonds is 7. The Bertz CT molecular complexity index is 570. The van der Waals surface area contributed by atoms with Crippen LogP contribution in [0.2, 0.25) is 5.02 Å². The summed E-state index contributed by atoms with van der Waals surface area (Å²) in [6.45, 7) is 1.63. The van der Waals surface area contributed by atoms with E-state index in [2.05, 4.69) is 17.4 Å². The molecular formula is C17H20ClNO2. The van der Waals surface area contributed by atoms with Crippen molar-refractivity contribution in [3.05, 3.63) is 58.6 Å². The Morgan fingerprint density at radius 2 is 1.76 bits per heavy atom. The highest BCUT2D eigenvalue weighted by molar-refractivity contribution is 6.30. The molecule has 0 spiro atoms. The summed E-state index contributed by atoms with van der Waals surface area (Å²) in [6, 6.07) is 13.8. The summed E-state index contributed by atoms with van der Waals surface area (Å²) in [5.74, 6) is 1.74. The van der Waals surface area contributed by atoms with E-state index in [1.54, 1.807) is 14.2 Å². The second-order valence-corrected chi connectivity index (χ2v) is 5.17. The largest absolute Gasteiger partial charge is 0.497 e. The predicted molar refractivity (Wildman–Crippen MR) is 86.4 cm³/mol. The molecule has 1 N–H and O–H groups in total. The van der Waals surface area contributed by atoms with Gasteiger partial charge < -0.3 is 14.8 Å². The summed E-state index contributed by atoms with van der Waals surface area (Å²) in [6.07, 6.45) is 0.965. The van der Waals surface area contributed by atoms with E-state index in [0.717, 1.165) is 41.6 Å². The average molecular weight is 306 g/mol. The van der Waals surface area contributed by atoms with Crippen LogP contribution in [-0.4, -0.2) is 20.8 Å². The number of methoxy groups -OCH3 is 2. The van der Waals surface area contributed by atoms with Gasteiger partial charge >= 0.3 is 0 Å². The first kappa shape index (κ1) is 15.7. The number of benzene rings is 2. The van der Waals surface area contributed by atoms with E-state index >= 15 is 0 Å². The van der Waals surface area contributed by atoms with Gasteiger partial charge in [-0.05, 0) is 48.9 Å². The summed E-state index contributed by atoms with van der Waals surface area (Å²) >= 11 is 6.02. The number of halogens is 1. The van der Waals surface area contributed by atoms with E-state index in [1.165, 1.54) is 5.56 Å². The maximum Gasteiger partial charge on any atom is 0.123 e. The third kappa shape index (κ3) is 4.66. The molecule has 0 atom stereocenters. The van der Waals surface area contributed by atoms with Crippen LogP contribution in [-0.2, 0) is 13.0 Å². The van der Waals surface area contributed by atoms with E-state index in [0.29, 0.717) is 0 Å². The molecule has 4 heteroatoms. The monoisotopic (exact) mass is 305 g/mol. The lowest BCUT2D eigenvalue weighted by Crippen LogP contribution is -2.17. The predicted octanol–water partition coefficient (Wildman–Crippen LogP) is 3.69. The highest BCUT2D eigenvalue weighted by Gasteiger charge is 2.03. The van der Waals surface area contributed by atoms with Gasteiger partial charge in [-0.15, -0.1) is 0 Å². The van der Waals surface area contributed by atoms with Crippen LogP contribution in [0.4, 0.5) is 0 Å². The standard InChI is InChI=1S/C17H20ClNO2/c1-20-16-6-3-13(4-7-16)9-10-19-12-14-11-15(18)5-8-17(14)21-2/h3-8,11,19H,9-10,12H2,1-2H3. The fraction of sp³-hybridized carbons (Fsp3) is 0.294. The molecule has 2 rings (SSSR count). The van der Waals surface area contributed by atoms with Crippen molar-refractivity contribution < 1.29 is 9.47 Å². The Hall–Kier alpha value is -1.71. The Morgan fingerprint density at radius 1 is 1.00 bits per heavy atom. The molecule has 0 fully saturated rings. The van der Waals surface area contributed by atoms with E-state index in [4.69, 9.17) is 21.1 Å². The first-order valence-electron chi connectivity index (χ1n) is 6.89. The summed E-state index contributed by atoms with van der Waals surface area (Å²) in [7, 11) is 3.35. The first-order chi connectivity index (χ1) is 10.2. The Kier molecular flexibility index (Phi) is 5.90. The van der Waals surface area contributed by atoms with Crippen LogP contribution >= 0.6 is 11.6 Å². The molecule has 0 aliphatic rings. The van der Waals surface area contributed by atoms with Gasteiger partial charge in [-0.1, -0.05) is 23.7 Å². The molecule has 0 aliphatic heterocycles. The van der Waals surface area contributed by atoms with Crippen LogP contribution in [0.3, 0.4) is 0 Å². The van der Waals surface area contributed by atoms with Crippen molar-refractivity contribution in [2.24, 2.45) is 0 Å². The summed E-state index contributed by atoms with van der Waals surface area (Å²) < 4.78 is 10.5. The molecule has 0 heterocycles. The molecule has 0 saturated heterocycles. The van der Waals surface area contributed by atoms with Gasteiger partial charge in [0.15, 0.2) is 0 Å². The molecule has 0 radical (unpaired) electrons. The zero-order chi connectivity index (χ0) is 15.1. The van der Waals surface area contributed by atoms with Gasteiger partial charge in [-0.25, -0.2) is 0 Å². The van der Waals surface area contributed by atoms with Gasteiger partial charge in [-0.2, -0.15) is 0 Å². The number of hydrogen-bond acceptors (Lipinski definition) is 3. The van der Waals surface area contributed by atoms with Crippen molar-refractivity contribution in [2.45, 2.75) is 13.0 Å². The smallest absolute Gasteiger partial charge is 0.123 e. The molecule has 0 bridgehead atoms. The fourth-order valence-electron chi connectivity index (χ4n) is 2.13. The van der Waals surface area contributed by atoms with Crippen molar-refractivity contribution in [1.82, 2.24) is 5.32 Å². The second-order valence-electron chi connectivity index (χ2n) is 4.73. The van der Waals surface area contributed by atoms with Crippen LogP contribution in [0, 0.1) is 0 Å². The third-order valence-electron chi connectivity index (χ3n) is 3.31. The summed E-state index contributed by atoms with van der Waals surface area (Å²) in [4.78, 5) is 0. The normalized spacial score (nSPS) is 10.4. The average Bonchev–Trinajstić information content (AvgIpc) is 2.52. The minimum atomic E-state index is 0.725. The molecule has 112 valence electrons. The van der Waals surface area contributed by atoms with Crippen molar-refractivity contribution in [1.29, 1.82) is 0 Å². The van der Waals surface area contributed by atoms with Crippen molar-refractivity contribution in [3.63, 3.8) is 0 Å². The zero-order valence-electron chi connectivity index (χ0n) is 12.4. The molecule has 0 aliphatic carbocycles. The second kappa shape index (κ2) is 7.91. The lowest BCUT2D eigenvalue weighted by atomic mass is 10.1. The first-order valence-corrected chi connectivity index (χ1v) is 7.27. The maximum atomic E-state index is 6.02. The van der Waals surface area contributed by atoms with E-state index in [-0.39, 0.29) is 0 Å². The highest BCUT2D eigenvalue weighted by Crippen LogP contribution is 2.22. The number of hydrogen-bond donors (Lipinski definition) is 1. The van der Waals surface area contributed by atoms with Gasteiger partial charge in [0.05, 0.1) is 14.2 Å². The minimum Gasteiger partial charge on any atom is -0.497 e. The highest BCUT2D eigenvalue weighted by atomic mass is 35.5. The molecular weight excluding hydrogens is 286 g/mol. The molecule has 0 unspecified atom stereocenters. The van der Waals surface area contributed by atoms with Crippen molar-refractivity contribution in [3.8, 4) is 11.5 Å². The van der Waals surface area contributed by atoms with Gasteiger partial charge in [0.25, 0.3) is 0 Å². The lowest BCUT2D eigenvalue weighted by Gasteiger charge is -2.10. The number of ether oxygens (including phenoxy) is 2. The Labute approximate surface area is 130 Å². The Morgan fingerprint density at radius 3 is 2.43 bits per heavy atom. The summed E-state index contributed by atoms with van der Waals surface area (Å²) in [5, 5.41) is 4.14. The molecule has 0 saturated carbocycles. The van der Waals surface area contributed by atoms with Crippen LogP contribution in [0.1, 0.15) is 11.1 Å². The minimum absolute atomic E-state index is 0.725. The van der Waals surface area contributed by atoms with E-state index < -0.39 is 0 Å². The third-order valence-corrected chi connectivity index (χ3v) is 3.54. The van der Waals surface area contributed by atoms with Crippen molar-refractivity contribution >= 4 is 11.6 Å². The fourth-order valence-corrected chi connectivity index (χ4v) is 2.33. The lowest BCUT2D eigenvalue weighted by molar-refractivity contribution is 0.408. The number of nitrogens with one attached hydrogen (secondary N) is 1. The van der Waals surface area contributed by atoms with Gasteiger partial charge in [0.1, 0.15) is 11.5 Å². The molecule has 2 aromatic rings. The molecule has 21 heavy (non-hydrogen) atoms. The van der Waals surface area contributed by atoms with Crippen LogP contribution in [0.25, 0.3) is 0 Å². The molecule has 0 aromatic heterocycles. The molecule has 2 aromatic carbocycles. The van der Waals surface area contributed by atoms with Gasteiger partial charge in [-0.3, -0.25) is 0 Å². The molecule has 3 nitrogen and oxygen atoms in total.